The van der Waals surface area contributed by atoms with Crippen molar-refractivity contribution in [1.82, 2.24) is 10.3 Å². The number of nitrogens with zero attached hydrogens (tertiary/aromatic N) is 1. The summed E-state index contributed by atoms with van der Waals surface area (Å²) in [4.78, 5) is 44.7. The molecule has 1 heterocycles. The summed E-state index contributed by atoms with van der Waals surface area (Å²) in [6.07, 6.45) is 1.58. The van der Waals surface area contributed by atoms with Crippen molar-refractivity contribution in [3.63, 3.8) is 0 Å². The van der Waals surface area contributed by atoms with Crippen molar-refractivity contribution in [2.45, 2.75) is 11.8 Å². The minimum atomic E-state index is -0.524. The second kappa shape index (κ2) is 17.0. The molecule has 0 fully saturated rings. The van der Waals surface area contributed by atoms with Crippen LogP contribution in [0, 0.1) is 0 Å². The first kappa shape index (κ1) is 34.7. The molecule has 0 atom stereocenters. The van der Waals surface area contributed by atoms with Gasteiger partial charge in [-0.25, -0.2) is 4.98 Å². The quantitative estimate of drug-likeness (QED) is 0.0813. The fraction of sp³-hybridized carbons (Fsp3) is 0.135. The van der Waals surface area contributed by atoms with Gasteiger partial charge in [0, 0.05) is 32.7 Å². The number of para-hydroxylation sites is 1. The minimum absolute atomic E-state index is 0.0364. The maximum atomic E-state index is 13.6. The van der Waals surface area contributed by atoms with Crippen LogP contribution in [0.3, 0.4) is 0 Å². The highest BCUT2D eigenvalue weighted by atomic mass is 32.2. The van der Waals surface area contributed by atoms with Gasteiger partial charge >= 0.3 is 0 Å². The van der Waals surface area contributed by atoms with Gasteiger partial charge in [-0.1, -0.05) is 42.5 Å². The number of methoxy groups -OCH3 is 2. The second-order valence-corrected chi connectivity index (χ2v) is 12.2. The molecule has 5 rings (SSSR count). The highest BCUT2D eigenvalue weighted by Crippen LogP contribution is 2.33. The number of carbonyl (C=O) groups is 3. The molecule has 0 aliphatic carbocycles. The van der Waals surface area contributed by atoms with Gasteiger partial charge in [-0.15, -0.1) is 23.1 Å². The molecule has 4 aromatic carbocycles. The lowest BCUT2D eigenvalue weighted by atomic mass is 10.1. The van der Waals surface area contributed by atoms with Gasteiger partial charge in [0.25, 0.3) is 11.8 Å². The molecule has 0 unspecified atom stereocenters. The monoisotopic (exact) mass is 694 g/mol. The number of nitrogens with one attached hydrogen (secondary N) is 3. The zero-order chi connectivity index (χ0) is 34.6. The number of thioether (sulfide) groups is 1. The van der Waals surface area contributed by atoms with E-state index in [2.05, 4.69) is 20.9 Å². The standard InChI is InChI=1S/C37H34N4O6S2/c1-4-47-31-16-9-8-13-26(31)19-29(39-35(43)24-11-6-5-7-12-24)36(44)38-27-14-10-15-28(21-27)48-23-34(42)41-37-40-30(22-49-37)25-17-18-32(45-2)33(20-25)46-3/h5-22H,4,23H2,1-3H3,(H,38,44)(H,39,43)(H,40,41,42)/b29-19+. The van der Waals surface area contributed by atoms with Crippen molar-refractivity contribution >= 4 is 57.7 Å². The molecule has 3 amide bonds. The number of hydrogen-bond donors (Lipinski definition) is 3. The van der Waals surface area contributed by atoms with Gasteiger partial charge < -0.3 is 30.2 Å². The maximum Gasteiger partial charge on any atom is 0.272 e. The number of hydrogen-bond acceptors (Lipinski definition) is 9. The lowest BCUT2D eigenvalue weighted by molar-refractivity contribution is -0.114. The number of carbonyl (C=O) groups excluding carboxylic acids is 3. The highest BCUT2D eigenvalue weighted by molar-refractivity contribution is 8.00. The Labute approximate surface area is 292 Å². The lowest BCUT2D eigenvalue weighted by Crippen LogP contribution is -2.30. The summed E-state index contributed by atoms with van der Waals surface area (Å²) in [7, 11) is 3.15. The number of aromatic nitrogens is 1. The van der Waals surface area contributed by atoms with E-state index < -0.39 is 11.8 Å². The van der Waals surface area contributed by atoms with Crippen LogP contribution in [0.2, 0.25) is 0 Å². The Morgan fingerprint density at radius 2 is 1.61 bits per heavy atom. The second-order valence-electron chi connectivity index (χ2n) is 10.3. The fourth-order valence-corrected chi connectivity index (χ4v) is 6.10. The molecule has 0 bridgehead atoms. The molecule has 5 aromatic rings. The molecular weight excluding hydrogens is 661 g/mol. The molecule has 0 spiro atoms. The largest absolute Gasteiger partial charge is 0.493 e. The van der Waals surface area contributed by atoms with Crippen molar-refractivity contribution in [2.24, 2.45) is 0 Å². The number of thiazole rings is 1. The van der Waals surface area contributed by atoms with Crippen LogP contribution in [0.1, 0.15) is 22.8 Å². The van der Waals surface area contributed by atoms with Gasteiger partial charge in [0.15, 0.2) is 16.6 Å². The molecule has 0 aliphatic rings. The Morgan fingerprint density at radius 1 is 0.837 bits per heavy atom. The van der Waals surface area contributed by atoms with Gasteiger partial charge in [0.2, 0.25) is 5.91 Å². The average Bonchev–Trinajstić information content (AvgIpc) is 3.59. The van der Waals surface area contributed by atoms with E-state index >= 15 is 0 Å². The predicted molar refractivity (Wildman–Crippen MR) is 195 cm³/mol. The van der Waals surface area contributed by atoms with Gasteiger partial charge in [-0.2, -0.15) is 0 Å². The zero-order valence-electron chi connectivity index (χ0n) is 27.0. The molecule has 0 radical (unpaired) electrons. The van der Waals surface area contributed by atoms with Gasteiger partial charge in [0.1, 0.15) is 11.4 Å². The SMILES string of the molecule is CCOc1ccccc1/C=C(/NC(=O)c1ccccc1)C(=O)Nc1cccc(SCC(=O)Nc2nc(-c3ccc(OC)c(OC)c3)cs2)c1. The molecule has 3 N–H and O–H groups in total. The van der Waals surface area contributed by atoms with Gasteiger partial charge in [0.05, 0.1) is 32.3 Å². The summed E-state index contributed by atoms with van der Waals surface area (Å²) in [5, 5.41) is 10.8. The molecular formula is C37H34N4O6S2. The van der Waals surface area contributed by atoms with Crippen LogP contribution in [-0.2, 0) is 9.59 Å². The highest BCUT2D eigenvalue weighted by Gasteiger charge is 2.17. The third kappa shape index (κ3) is 9.49. The van der Waals surface area contributed by atoms with Crippen LogP contribution in [0.5, 0.6) is 17.2 Å². The van der Waals surface area contributed by atoms with Crippen molar-refractivity contribution in [1.29, 1.82) is 0 Å². The van der Waals surface area contributed by atoms with Crippen LogP contribution < -0.4 is 30.2 Å². The fourth-order valence-electron chi connectivity index (χ4n) is 4.61. The van der Waals surface area contributed by atoms with Crippen molar-refractivity contribution in [3.8, 4) is 28.5 Å². The topological polar surface area (TPSA) is 128 Å². The van der Waals surface area contributed by atoms with E-state index in [4.69, 9.17) is 14.2 Å². The van der Waals surface area contributed by atoms with E-state index in [-0.39, 0.29) is 17.4 Å². The molecule has 0 saturated carbocycles. The van der Waals surface area contributed by atoms with E-state index in [0.717, 1.165) is 10.5 Å². The predicted octanol–water partition coefficient (Wildman–Crippen LogP) is 7.37. The molecule has 12 heteroatoms. The Kier molecular flexibility index (Phi) is 12.0. The van der Waals surface area contributed by atoms with E-state index in [1.165, 1.54) is 23.1 Å². The van der Waals surface area contributed by atoms with Crippen molar-refractivity contribution in [3.05, 3.63) is 119 Å². The average molecular weight is 695 g/mol. The minimum Gasteiger partial charge on any atom is -0.493 e. The maximum absolute atomic E-state index is 13.6. The van der Waals surface area contributed by atoms with Crippen molar-refractivity contribution in [2.75, 3.05) is 37.2 Å². The molecule has 1 aromatic heterocycles. The summed E-state index contributed by atoms with van der Waals surface area (Å²) in [6.45, 7) is 2.31. The van der Waals surface area contributed by atoms with E-state index in [1.54, 1.807) is 81.0 Å². The first-order chi connectivity index (χ1) is 23.9. The van der Waals surface area contributed by atoms with Crippen LogP contribution in [0.25, 0.3) is 17.3 Å². The van der Waals surface area contributed by atoms with E-state index in [0.29, 0.717) is 51.5 Å². The number of benzene rings is 4. The Bertz CT molecular complexity index is 1960. The normalized spacial score (nSPS) is 11.0. The first-order valence-corrected chi connectivity index (χ1v) is 17.0. The molecule has 10 nitrogen and oxygen atoms in total. The molecule has 0 aliphatic heterocycles. The van der Waals surface area contributed by atoms with Crippen LogP contribution in [-0.4, -0.2) is 49.3 Å². The number of amides is 3. The summed E-state index contributed by atoms with van der Waals surface area (Å²) < 4.78 is 16.4. The van der Waals surface area contributed by atoms with E-state index in [9.17, 15) is 14.4 Å². The third-order valence-electron chi connectivity index (χ3n) is 6.94. The summed E-state index contributed by atoms with van der Waals surface area (Å²) >= 11 is 2.63. The third-order valence-corrected chi connectivity index (χ3v) is 8.69. The van der Waals surface area contributed by atoms with E-state index in [1.807, 2.05) is 48.7 Å². The van der Waals surface area contributed by atoms with Crippen LogP contribution >= 0.6 is 23.1 Å². The lowest BCUT2D eigenvalue weighted by Gasteiger charge is -2.13. The summed E-state index contributed by atoms with van der Waals surface area (Å²) in [5.74, 6) is 0.724. The molecule has 250 valence electrons. The van der Waals surface area contributed by atoms with Gasteiger partial charge in [-0.05, 0) is 67.6 Å². The Balaban J connectivity index is 1.24. The summed E-state index contributed by atoms with van der Waals surface area (Å²) in [6, 6.07) is 28.5. The molecule has 0 saturated heterocycles. The van der Waals surface area contributed by atoms with Crippen molar-refractivity contribution < 1.29 is 28.6 Å². The molecule has 49 heavy (non-hydrogen) atoms. The number of rotatable bonds is 14. The van der Waals surface area contributed by atoms with Crippen LogP contribution in [0.4, 0.5) is 10.8 Å². The van der Waals surface area contributed by atoms with Gasteiger partial charge in [-0.3, -0.25) is 14.4 Å². The first-order valence-electron chi connectivity index (χ1n) is 15.2. The summed E-state index contributed by atoms with van der Waals surface area (Å²) in [5.41, 5.74) is 3.10. The number of ether oxygens (including phenoxy) is 3. The Morgan fingerprint density at radius 3 is 2.39 bits per heavy atom. The smallest absolute Gasteiger partial charge is 0.272 e. The zero-order valence-corrected chi connectivity index (χ0v) is 28.7. The number of anilines is 2. The van der Waals surface area contributed by atoms with Crippen LogP contribution in [0.15, 0.2) is 113 Å². The Hall–Kier alpha value is -5.59.